The topological polar surface area (TPSA) is 99.2 Å². The van der Waals surface area contributed by atoms with Gasteiger partial charge < -0.3 is 20.1 Å². The minimum absolute atomic E-state index is 0.0736. The number of amides is 3. The lowest BCUT2D eigenvalue weighted by atomic mass is 9.91. The van der Waals surface area contributed by atoms with Crippen molar-refractivity contribution >= 4 is 18.1 Å². The standard InChI is InChI=1S/C15H25N3O5/c1-15(2,3)23-14(22)18-10(12(19)20)7-9-5-6-17(8-11(9)18)13(21)16-4/h9-11H,5-8H2,1-4H3,(H,16,21)(H,19,20)/t9-,10-,11-/m0/s1. The van der Waals surface area contributed by atoms with Crippen molar-refractivity contribution in [3.8, 4) is 0 Å². The van der Waals surface area contributed by atoms with Crippen molar-refractivity contribution in [2.75, 3.05) is 20.1 Å². The van der Waals surface area contributed by atoms with Crippen molar-refractivity contribution in [3.05, 3.63) is 0 Å². The summed E-state index contributed by atoms with van der Waals surface area (Å²) in [4.78, 5) is 38.8. The van der Waals surface area contributed by atoms with Crippen LogP contribution in [0.1, 0.15) is 33.6 Å². The fourth-order valence-corrected chi connectivity index (χ4v) is 3.34. The van der Waals surface area contributed by atoms with Crippen LogP contribution in [0.5, 0.6) is 0 Å². The highest BCUT2D eigenvalue weighted by molar-refractivity contribution is 5.81. The largest absolute Gasteiger partial charge is 0.480 e. The van der Waals surface area contributed by atoms with Gasteiger partial charge in [0.15, 0.2) is 0 Å². The maximum atomic E-state index is 12.5. The first-order chi connectivity index (χ1) is 10.6. The second-order valence-electron chi connectivity index (χ2n) is 7.09. The van der Waals surface area contributed by atoms with Gasteiger partial charge in [-0.2, -0.15) is 0 Å². The molecule has 0 spiro atoms. The lowest BCUT2D eigenvalue weighted by molar-refractivity contribution is -0.142. The number of nitrogens with one attached hydrogen (secondary N) is 1. The zero-order chi connectivity index (χ0) is 17.4. The molecule has 0 radical (unpaired) electrons. The summed E-state index contributed by atoms with van der Waals surface area (Å²) in [6, 6.07) is -1.44. The van der Waals surface area contributed by atoms with Gasteiger partial charge in [0.1, 0.15) is 11.6 Å². The van der Waals surface area contributed by atoms with Crippen LogP contribution in [0.4, 0.5) is 9.59 Å². The first kappa shape index (κ1) is 17.4. The Morgan fingerprint density at radius 3 is 2.43 bits per heavy atom. The summed E-state index contributed by atoms with van der Waals surface area (Å²) in [6.45, 7) is 6.12. The summed E-state index contributed by atoms with van der Waals surface area (Å²) in [7, 11) is 1.55. The SMILES string of the molecule is CNC(=O)N1CC[C@H]2C[C@@H](C(=O)O)N(C(=O)OC(C)(C)C)[C@H]2C1. The van der Waals surface area contributed by atoms with Gasteiger partial charge in [0, 0.05) is 20.1 Å². The molecule has 23 heavy (non-hydrogen) atoms. The molecule has 0 unspecified atom stereocenters. The Kier molecular flexibility index (Phi) is 4.72. The molecular weight excluding hydrogens is 302 g/mol. The molecule has 3 amide bonds. The van der Waals surface area contributed by atoms with Gasteiger partial charge in [-0.1, -0.05) is 0 Å². The molecule has 2 fully saturated rings. The predicted molar refractivity (Wildman–Crippen MR) is 82.0 cm³/mol. The van der Waals surface area contributed by atoms with Crippen LogP contribution in [0.25, 0.3) is 0 Å². The molecular formula is C15H25N3O5. The summed E-state index contributed by atoms with van der Waals surface area (Å²) in [5.41, 5.74) is -0.701. The molecule has 2 heterocycles. The molecule has 0 aromatic rings. The van der Waals surface area contributed by atoms with E-state index in [0.29, 0.717) is 25.9 Å². The van der Waals surface area contributed by atoms with Crippen molar-refractivity contribution in [2.45, 2.75) is 51.3 Å². The molecule has 0 aromatic heterocycles. The van der Waals surface area contributed by atoms with Crippen LogP contribution < -0.4 is 5.32 Å². The Morgan fingerprint density at radius 1 is 1.26 bits per heavy atom. The maximum Gasteiger partial charge on any atom is 0.411 e. The summed E-state index contributed by atoms with van der Waals surface area (Å²) in [5.74, 6) is -0.957. The van der Waals surface area contributed by atoms with Gasteiger partial charge in [-0.25, -0.2) is 14.4 Å². The highest BCUT2D eigenvalue weighted by Gasteiger charge is 2.50. The van der Waals surface area contributed by atoms with Crippen LogP contribution in [-0.2, 0) is 9.53 Å². The van der Waals surface area contributed by atoms with Gasteiger partial charge in [0.25, 0.3) is 0 Å². The summed E-state index contributed by atoms with van der Waals surface area (Å²) < 4.78 is 5.38. The second-order valence-corrected chi connectivity index (χ2v) is 7.09. The van der Waals surface area contributed by atoms with Crippen LogP contribution in [0.15, 0.2) is 0 Å². The molecule has 2 saturated heterocycles. The van der Waals surface area contributed by atoms with Crippen LogP contribution in [0.3, 0.4) is 0 Å². The van der Waals surface area contributed by atoms with Crippen molar-refractivity contribution in [2.24, 2.45) is 5.92 Å². The number of urea groups is 1. The maximum absolute atomic E-state index is 12.5. The Bertz CT molecular complexity index is 502. The molecule has 2 N–H and O–H groups in total. The third-order valence-corrected chi connectivity index (χ3v) is 4.33. The second kappa shape index (κ2) is 6.25. The highest BCUT2D eigenvalue weighted by atomic mass is 16.6. The molecule has 2 aliphatic heterocycles. The number of fused-ring (bicyclic) bond motifs is 1. The predicted octanol–water partition coefficient (Wildman–Crippen LogP) is 1.11. The van der Waals surface area contributed by atoms with Crippen molar-refractivity contribution in [1.82, 2.24) is 15.1 Å². The molecule has 0 aliphatic carbocycles. The minimum atomic E-state index is -1.03. The van der Waals surface area contributed by atoms with Crippen molar-refractivity contribution < 1.29 is 24.2 Å². The first-order valence-corrected chi connectivity index (χ1v) is 7.85. The van der Waals surface area contributed by atoms with Gasteiger partial charge in [0.05, 0.1) is 6.04 Å². The number of nitrogens with zero attached hydrogens (tertiary/aromatic N) is 2. The summed E-state index contributed by atoms with van der Waals surface area (Å²) in [5, 5.41) is 12.0. The zero-order valence-electron chi connectivity index (χ0n) is 14.0. The molecule has 130 valence electrons. The number of hydrogen-bond acceptors (Lipinski definition) is 4. The smallest absolute Gasteiger partial charge is 0.411 e. The third-order valence-electron chi connectivity index (χ3n) is 4.33. The number of ether oxygens (including phenoxy) is 1. The molecule has 2 aliphatic rings. The summed E-state index contributed by atoms with van der Waals surface area (Å²) >= 11 is 0. The van der Waals surface area contributed by atoms with Gasteiger partial charge in [0.2, 0.25) is 0 Å². The van der Waals surface area contributed by atoms with Crippen LogP contribution in [0, 0.1) is 5.92 Å². The minimum Gasteiger partial charge on any atom is -0.480 e. The fraction of sp³-hybridized carbons (Fsp3) is 0.800. The molecule has 2 rings (SSSR count). The van der Waals surface area contributed by atoms with Gasteiger partial charge in [-0.15, -0.1) is 0 Å². The number of likely N-dealkylation sites (tertiary alicyclic amines) is 2. The van der Waals surface area contributed by atoms with E-state index in [2.05, 4.69) is 5.32 Å². The first-order valence-electron chi connectivity index (χ1n) is 7.85. The van der Waals surface area contributed by atoms with E-state index in [4.69, 9.17) is 4.74 Å². The molecule has 0 aromatic carbocycles. The number of carbonyl (C=O) groups is 3. The van der Waals surface area contributed by atoms with Gasteiger partial charge in [-0.3, -0.25) is 4.90 Å². The zero-order valence-corrected chi connectivity index (χ0v) is 14.0. The molecule has 8 heteroatoms. The van der Waals surface area contributed by atoms with Gasteiger partial charge in [-0.05, 0) is 39.5 Å². The summed E-state index contributed by atoms with van der Waals surface area (Å²) in [6.07, 6.45) is 0.457. The molecule has 8 nitrogen and oxygen atoms in total. The van der Waals surface area contributed by atoms with E-state index in [1.807, 2.05) is 0 Å². The van der Waals surface area contributed by atoms with Gasteiger partial charge >= 0.3 is 18.1 Å². The third kappa shape index (κ3) is 3.68. The Hall–Kier alpha value is -1.99. The normalized spacial score (nSPS) is 27.4. The number of carbonyl (C=O) groups excluding carboxylic acids is 2. The number of carboxylic acid groups (broad SMARTS) is 1. The van der Waals surface area contributed by atoms with E-state index in [1.54, 1.807) is 32.7 Å². The van der Waals surface area contributed by atoms with E-state index in [0.717, 1.165) is 0 Å². The van der Waals surface area contributed by atoms with E-state index in [1.165, 1.54) is 4.90 Å². The van der Waals surface area contributed by atoms with Crippen LogP contribution >= 0.6 is 0 Å². The Balaban J connectivity index is 2.22. The molecule has 0 bridgehead atoms. The highest BCUT2D eigenvalue weighted by Crippen LogP contribution is 2.37. The number of aliphatic carboxylic acids is 1. The Morgan fingerprint density at radius 2 is 1.91 bits per heavy atom. The average Bonchev–Trinajstić information content (AvgIpc) is 2.83. The van der Waals surface area contributed by atoms with Crippen molar-refractivity contribution in [3.63, 3.8) is 0 Å². The van der Waals surface area contributed by atoms with E-state index in [-0.39, 0.29) is 18.0 Å². The van der Waals surface area contributed by atoms with E-state index < -0.39 is 23.7 Å². The molecule has 0 saturated carbocycles. The van der Waals surface area contributed by atoms with Crippen LogP contribution in [-0.4, -0.2) is 70.8 Å². The number of hydrogen-bond donors (Lipinski definition) is 2. The average molecular weight is 327 g/mol. The lowest BCUT2D eigenvalue weighted by Crippen LogP contribution is -2.55. The van der Waals surface area contributed by atoms with E-state index in [9.17, 15) is 19.5 Å². The van der Waals surface area contributed by atoms with Crippen molar-refractivity contribution in [1.29, 1.82) is 0 Å². The fourth-order valence-electron chi connectivity index (χ4n) is 3.34. The van der Waals surface area contributed by atoms with E-state index >= 15 is 0 Å². The quantitative estimate of drug-likeness (QED) is 0.751. The Labute approximate surface area is 135 Å². The number of rotatable bonds is 1. The molecule has 3 atom stereocenters. The monoisotopic (exact) mass is 327 g/mol. The number of carboxylic acids is 1. The number of piperidine rings is 1. The van der Waals surface area contributed by atoms with Crippen LogP contribution in [0.2, 0.25) is 0 Å². The lowest BCUT2D eigenvalue weighted by Gasteiger charge is -2.38.